The Morgan fingerprint density at radius 2 is 2.05 bits per heavy atom. The summed E-state index contributed by atoms with van der Waals surface area (Å²) in [5, 5.41) is 9.62. The molecule has 1 aromatic carbocycles. The van der Waals surface area contributed by atoms with E-state index < -0.39 is 16.1 Å². The number of aliphatic hydroxyl groups excluding tert-OH is 1. The predicted molar refractivity (Wildman–Crippen MR) is 80.3 cm³/mol. The zero-order valence-corrected chi connectivity index (χ0v) is 14.0. The van der Waals surface area contributed by atoms with Crippen LogP contribution in [0.1, 0.15) is 12.8 Å². The van der Waals surface area contributed by atoms with E-state index in [9.17, 15) is 13.5 Å². The van der Waals surface area contributed by atoms with Gasteiger partial charge >= 0.3 is 0 Å². The molecule has 3 N–H and O–H groups in total. The molecule has 0 aliphatic carbocycles. The van der Waals surface area contributed by atoms with Crippen molar-refractivity contribution in [2.24, 2.45) is 0 Å². The van der Waals surface area contributed by atoms with E-state index in [0.29, 0.717) is 28.3 Å². The topological polar surface area (TPSA) is 83.6 Å². The number of rotatable bonds is 2. The van der Waals surface area contributed by atoms with Gasteiger partial charge in [-0.05, 0) is 40.9 Å². The molecule has 0 unspecified atom stereocenters. The number of hydrogen-bond acceptors (Lipinski definition) is 4. The van der Waals surface area contributed by atoms with Gasteiger partial charge in [0.1, 0.15) is 4.90 Å². The van der Waals surface area contributed by atoms with Gasteiger partial charge in [-0.25, -0.2) is 8.42 Å². The maximum atomic E-state index is 12.6. The van der Waals surface area contributed by atoms with E-state index in [1.54, 1.807) is 12.1 Å². The third kappa shape index (κ3) is 3.13. The lowest BCUT2D eigenvalue weighted by molar-refractivity contribution is 0.108. The zero-order chi connectivity index (χ0) is 14.2. The van der Waals surface area contributed by atoms with Crippen LogP contribution in [0.3, 0.4) is 0 Å². The van der Waals surface area contributed by atoms with Gasteiger partial charge in [0, 0.05) is 22.0 Å². The molecule has 2 rings (SSSR count). The fraction of sp³-hybridized carbons (Fsp3) is 0.455. The van der Waals surface area contributed by atoms with Crippen molar-refractivity contribution >= 4 is 47.6 Å². The SMILES string of the molecule is Nc1cc(Br)cc(Br)c1S(=O)(=O)N1CCC[C@H](O)C1. The van der Waals surface area contributed by atoms with Crippen LogP contribution in [0.25, 0.3) is 0 Å². The smallest absolute Gasteiger partial charge is 0.246 e. The lowest BCUT2D eigenvalue weighted by atomic mass is 10.1. The van der Waals surface area contributed by atoms with Crippen molar-refractivity contribution in [3.05, 3.63) is 21.1 Å². The number of β-amino-alcohol motifs (C(OH)–C–C–N with tert-alkyl or cyclic N) is 1. The van der Waals surface area contributed by atoms with Crippen LogP contribution < -0.4 is 5.73 Å². The number of benzene rings is 1. The van der Waals surface area contributed by atoms with Crippen molar-refractivity contribution < 1.29 is 13.5 Å². The molecule has 5 nitrogen and oxygen atoms in total. The highest BCUT2D eigenvalue weighted by molar-refractivity contribution is 9.11. The molecule has 106 valence electrons. The summed E-state index contributed by atoms with van der Waals surface area (Å²) in [6, 6.07) is 3.20. The van der Waals surface area contributed by atoms with Gasteiger partial charge in [-0.15, -0.1) is 0 Å². The second kappa shape index (κ2) is 5.69. The third-order valence-corrected chi connectivity index (χ3v) is 6.32. The van der Waals surface area contributed by atoms with E-state index in [4.69, 9.17) is 5.73 Å². The summed E-state index contributed by atoms with van der Waals surface area (Å²) in [4.78, 5) is 0.0600. The zero-order valence-electron chi connectivity index (χ0n) is 10.0. The summed E-state index contributed by atoms with van der Waals surface area (Å²) >= 11 is 6.50. The Kier molecular flexibility index (Phi) is 4.56. The maximum Gasteiger partial charge on any atom is 0.246 e. The number of halogens is 2. The van der Waals surface area contributed by atoms with Crippen molar-refractivity contribution in [3.8, 4) is 0 Å². The fourth-order valence-corrected chi connectivity index (χ4v) is 5.65. The van der Waals surface area contributed by atoms with Gasteiger partial charge in [-0.2, -0.15) is 4.31 Å². The van der Waals surface area contributed by atoms with Gasteiger partial charge in [0.25, 0.3) is 0 Å². The Morgan fingerprint density at radius 1 is 1.37 bits per heavy atom. The largest absolute Gasteiger partial charge is 0.398 e. The number of nitrogens with zero attached hydrogens (tertiary/aromatic N) is 1. The van der Waals surface area contributed by atoms with Gasteiger partial charge < -0.3 is 10.8 Å². The molecule has 1 saturated heterocycles. The molecule has 1 aliphatic rings. The molecule has 1 heterocycles. The van der Waals surface area contributed by atoms with E-state index >= 15 is 0 Å². The molecule has 1 fully saturated rings. The lowest BCUT2D eigenvalue weighted by Crippen LogP contribution is -2.42. The van der Waals surface area contributed by atoms with Gasteiger partial charge in [-0.1, -0.05) is 15.9 Å². The Balaban J connectivity index is 2.45. The molecule has 0 saturated carbocycles. The van der Waals surface area contributed by atoms with Crippen molar-refractivity contribution in [1.29, 1.82) is 0 Å². The summed E-state index contributed by atoms with van der Waals surface area (Å²) in [5.41, 5.74) is 6.00. The first-order chi connectivity index (χ1) is 8.82. The van der Waals surface area contributed by atoms with Crippen LogP contribution in [-0.4, -0.2) is 37.0 Å². The highest BCUT2D eigenvalue weighted by atomic mass is 79.9. The first-order valence-electron chi connectivity index (χ1n) is 5.75. The first kappa shape index (κ1) is 15.2. The minimum absolute atomic E-state index is 0.0600. The highest BCUT2D eigenvalue weighted by Crippen LogP contribution is 2.34. The minimum atomic E-state index is -3.69. The average Bonchev–Trinajstić information content (AvgIpc) is 2.26. The second-order valence-corrected chi connectivity index (χ2v) is 8.11. The van der Waals surface area contributed by atoms with Gasteiger partial charge in [0.2, 0.25) is 10.0 Å². The van der Waals surface area contributed by atoms with Gasteiger partial charge in [0.15, 0.2) is 0 Å². The number of nitrogen functional groups attached to an aromatic ring is 1. The molecule has 1 atom stereocenters. The number of sulfonamides is 1. The van der Waals surface area contributed by atoms with Crippen LogP contribution in [0.5, 0.6) is 0 Å². The molecule has 0 aromatic heterocycles. The van der Waals surface area contributed by atoms with E-state index in [-0.39, 0.29) is 17.1 Å². The number of hydrogen-bond donors (Lipinski definition) is 2. The quantitative estimate of drug-likeness (QED) is 0.725. The molecular weight excluding hydrogens is 400 g/mol. The third-order valence-electron chi connectivity index (χ3n) is 2.99. The molecule has 0 bridgehead atoms. The van der Waals surface area contributed by atoms with E-state index in [1.807, 2.05) is 0 Å². The number of piperidine rings is 1. The van der Waals surface area contributed by atoms with Gasteiger partial charge in [0.05, 0.1) is 11.8 Å². The van der Waals surface area contributed by atoms with Crippen molar-refractivity contribution in [2.75, 3.05) is 18.8 Å². The molecule has 0 spiro atoms. The van der Waals surface area contributed by atoms with Crippen LogP contribution in [0.2, 0.25) is 0 Å². The standard InChI is InChI=1S/C11H14Br2N2O3S/c12-7-4-9(13)11(10(14)5-7)19(17,18)15-3-1-2-8(16)6-15/h4-5,8,16H,1-3,6,14H2/t8-/m0/s1. The Labute approximate surface area is 129 Å². The summed E-state index contributed by atoms with van der Waals surface area (Å²) in [7, 11) is -3.69. The summed E-state index contributed by atoms with van der Waals surface area (Å²) < 4.78 is 27.6. The normalized spacial score (nSPS) is 21.5. The highest BCUT2D eigenvalue weighted by Gasteiger charge is 2.32. The van der Waals surface area contributed by atoms with Gasteiger partial charge in [-0.3, -0.25) is 0 Å². The molecule has 1 aromatic rings. The molecule has 8 heteroatoms. The van der Waals surface area contributed by atoms with Crippen molar-refractivity contribution in [2.45, 2.75) is 23.8 Å². The van der Waals surface area contributed by atoms with Crippen LogP contribution in [0.4, 0.5) is 5.69 Å². The van der Waals surface area contributed by atoms with E-state index in [0.717, 1.165) is 0 Å². The minimum Gasteiger partial charge on any atom is -0.398 e. The van der Waals surface area contributed by atoms with Crippen molar-refractivity contribution in [1.82, 2.24) is 4.31 Å². The molecular formula is C11H14Br2N2O3S. The Morgan fingerprint density at radius 3 is 2.63 bits per heavy atom. The molecule has 0 radical (unpaired) electrons. The average molecular weight is 414 g/mol. The Hall–Kier alpha value is -0.150. The fourth-order valence-electron chi connectivity index (χ4n) is 2.12. The van der Waals surface area contributed by atoms with Crippen LogP contribution >= 0.6 is 31.9 Å². The number of aliphatic hydroxyl groups is 1. The van der Waals surface area contributed by atoms with E-state index in [1.165, 1.54) is 4.31 Å². The van der Waals surface area contributed by atoms with Crippen LogP contribution in [-0.2, 0) is 10.0 Å². The number of nitrogens with two attached hydrogens (primary N) is 1. The first-order valence-corrected chi connectivity index (χ1v) is 8.77. The second-order valence-electron chi connectivity index (χ2n) is 4.47. The number of anilines is 1. The maximum absolute atomic E-state index is 12.6. The monoisotopic (exact) mass is 412 g/mol. The van der Waals surface area contributed by atoms with E-state index in [2.05, 4.69) is 31.9 Å². The Bertz CT molecular complexity index is 569. The molecule has 19 heavy (non-hydrogen) atoms. The molecule has 0 amide bonds. The van der Waals surface area contributed by atoms with Crippen LogP contribution in [0, 0.1) is 0 Å². The lowest BCUT2D eigenvalue weighted by Gasteiger charge is -2.29. The summed E-state index contributed by atoms with van der Waals surface area (Å²) in [6.07, 6.45) is 0.663. The molecule has 1 aliphatic heterocycles. The van der Waals surface area contributed by atoms with Crippen molar-refractivity contribution in [3.63, 3.8) is 0 Å². The van der Waals surface area contributed by atoms with Crippen LogP contribution in [0.15, 0.2) is 26.0 Å². The summed E-state index contributed by atoms with van der Waals surface area (Å²) in [6.45, 7) is 0.519. The predicted octanol–water partition coefficient (Wildman–Crippen LogP) is 1.94. The summed E-state index contributed by atoms with van der Waals surface area (Å²) in [5.74, 6) is 0.